The van der Waals surface area contributed by atoms with Crippen molar-refractivity contribution < 1.29 is 14.3 Å². The molecule has 1 saturated carbocycles. The van der Waals surface area contributed by atoms with Crippen molar-refractivity contribution in [2.45, 2.75) is 33.1 Å². The van der Waals surface area contributed by atoms with Gasteiger partial charge in [-0.05, 0) is 24.7 Å². The van der Waals surface area contributed by atoms with E-state index in [-0.39, 0.29) is 0 Å². The molecule has 0 bridgehead atoms. The summed E-state index contributed by atoms with van der Waals surface area (Å²) in [5.41, 5.74) is 0. The molecule has 0 saturated heterocycles. The molecule has 1 aliphatic carbocycles. The molecule has 0 N–H and O–H groups in total. The van der Waals surface area contributed by atoms with E-state index >= 15 is 0 Å². The van der Waals surface area contributed by atoms with Gasteiger partial charge in [0.1, 0.15) is 0 Å². The molecule has 0 aromatic heterocycles. The second kappa shape index (κ2) is 5.10. The lowest BCUT2D eigenvalue weighted by molar-refractivity contribution is 0.0280. The van der Waals surface area contributed by atoms with Crippen molar-refractivity contribution in [2.24, 2.45) is 11.8 Å². The summed E-state index contributed by atoms with van der Waals surface area (Å²) in [6.45, 7) is 4.98. The van der Waals surface area contributed by atoms with Gasteiger partial charge in [0.25, 0.3) is 0 Å². The van der Waals surface area contributed by atoms with Crippen LogP contribution in [0.3, 0.4) is 0 Å². The predicted octanol–water partition coefficient (Wildman–Crippen LogP) is 2.60. The number of hydrogen-bond acceptors (Lipinski definition) is 3. The van der Waals surface area contributed by atoms with Gasteiger partial charge in [0.2, 0.25) is 0 Å². The van der Waals surface area contributed by atoms with Crippen LogP contribution < -0.4 is 0 Å². The molecule has 1 rings (SSSR count). The van der Waals surface area contributed by atoms with Crippen molar-refractivity contribution in [1.82, 2.24) is 0 Å². The Balaban J connectivity index is 1.97. The Kier molecular flexibility index (Phi) is 4.06. The summed E-state index contributed by atoms with van der Waals surface area (Å²) < 4.78 is 9.80. The summed E-state index contributed by atoms with van der Waals surface area (Å²) in [6, 6.07) is 0. The Morgan fingerprint density at radius 1 is 1.38 bits per heavy atom. The van der Waals surface area contributed by atoms with Crippen LogP contribution in [0.2, 0.25) is 0 Å². The number of rotatable bonds is 4. The van der Waals surface area contributed by atoms with Gasteiger partial charge in [0.15, 0.2) is 0 Å². The van der Waals surface area contributed by atoms with Crippen molar-refractivity contribution in [3.63, 3.8) is 0 Å². The largest absolute Gasteiger partial charge is 0.508 e. The van der Waals surface area contributed by atoms with Gasteiger partial charge in [-0.25, -0.2) is 4.79 Å². The van der Waals surface area contributed by atoms with Gasteiger partial charge >= 0.3 is 6.16 Å². The van der Waals surface area contributed by atoms with Crippen molar-refractivity contribution in [3.05, 3.63) is 0 Å². The molecule has 76 valence electrons. The van der Waals surface area contributed by atoms with E-state index in [9.17, 15) is 4.79 Å². The first kappa shape index (κ1) is 10.4. The van der Waals surface area contributed by atoms with Crippen molar-refractivity contribution in [3.8, 4) is 0 Å². The fourth-order valence-corrected chi connectivity index (χ4v) is 1.12. The number of hydrogen-bond donors (Lipinski definition) is 0. The number of carbonyl (C=O) groups excluding carboxylic acids is 1. The van der Waals surface area contributed by atoms with E-state index in [1.165, 1.54) is 19.3 Å². The lowest BCUT2D eigenvalue weighted by Crippen LogP contribution is -2.21. The molecule has 0 aromatic carbocycles. The molecule has 13 heavy (non-hydrogen) atoms. The van der Waals surface area contributed by atoms with Crippen molar-refractivity contribution >= 4 is 6.16 Å². The first-order valence-electron chi connectivity index (χ1n) is 4.98. The molecule has 1 fully saturated rings. The molecule has 0 atom stereocenters. The summed E-state index contributed by atoms with van der Waals surface area (Å²) >= 11 is 0. The van der Waals surface area contributed by atoms with Crippen LogP contribution in [0.4, 0.5) is 4.79 Å². The van der Waals surface area contributed by atoms with Crippen LogP contribution in [0, 0.1) is 11.8 Å². The molecular weight excluding hydrogens is 168 g/mol. The molecule has 0 aromatic rings. The Morgan fingerprint density at radius 3 is 2.54 bits per heavy atom. The molecule has 1 aliphatic rings. The fourth-order valence-electron chi connectivity index (χ4n) is 1.12. The van der Waals surface area contributed by atoms with Gasteiger partial charge in [-0.3, -0.25) is 0 Å². The zero-order chi connectivity index (χ0) is 9.68. The summed E-state index contributed by atoms with van der Waals surface area (Å²) in [6.07, 6.45) is 3.14. The molecule has 0 radical (unpaired) electrons. The third-order valence-corrected chi connectivity index (χ3v) is 2.20. The second-order valence-electron chi connectivity index (χ2n) is 4.06. The maximum Gasteiger partial charge on any atom is 0.508 e. The summed E-state index contributed by atoms with van der Waals surface area (Å²) in [7, 11) is 0. The minimum absolute atomic E-state index is 0.372. The maximum atomic E-state index is 10.9. The molecule has 0 heterocycles. The normalized spacial score (nSPS) is 16.8. The van der Waals surface area contributed by atoms with Crippen LogP contribution in [-0.4, -0.2) is 19.4 Å². The van der Waals surface area contributed by atoms with Gasteiger partial charge in [-0.1, -0.05) is 20.3 Å². The Bertz CT molecular complexity index is 162. The highest BCUT2D eigenvalue weighted by atomic mass is 16.7. The van der Waals surface area contributed by atoms with Crippen LogP contribution in [0.5, 0.6) is 0 Å². The maximum absolute atomic E-state index is 10.9. The average Bonchev–Trinajstić information content (AvgIpc) is 1.98. The first-order chi connectivity index (χ1) is 6.18. The smallest absolute Gasteiger partial charge is 0.434 e. The van der Waals surface area contributed by atoms with Gasteiger partial charge in [-0.15, -0.1) is 0 Å². The van der Waals surface area contributed by atoms with E-state index < -0.39 is 6.16 Å². The minimum Gasteiger partial charge on any atom is -0.434 e. The standard InChI is InChI=1S/C10H18O3/c1-8(2)6-12-10(11)13-7-9-4-3-5-9/h8-9H,3-7H2,1-2H3. The van der Waals surface area contributed by atoms with Crippen LogP contribution in [0.25, 0.3) is 0 Å². The van der Waals surface area contributed by atoms with E-state index in [1.54, 1.807) is 0 Å². The third-order valence-electron chi connectivity index (χ3n) is 2.20. The molecular formula is C10H18O3. The number of carbonyl (C=O) groups is 1. The Morgan fingerprint density at radius 2 is 2.08 bits per heavy atom. The Hall–Kier alpha value is -0.730. The van der Waals surface area contributed by atoms with Crippen LogP contribution >= 0.6 is 0 Å². The van der Waals surface area contributed by atoms with Gasteiger partial charge in [0, 0.05) is 0 Å². The van der Waals surface area contributed by atoms with Crippen LogP contribution in [0.15, 0.2) is 0 Å². The van der Waals surface area contributed by atoms with E-state index in [1.807, 2.05) is 13.8 Å². The second-order valence-corrected chi connectivity index (χ2v) is 4.06. The van der Waals surface area contributed by atoms with Gasteiger partial charge in [-0.2, -0.15) is 0 Å². The van der Waals surface area contributed by atoms with Crippen molar-refractivity contribution in [1.29, 1.82) is 0 Å². The summed E-state index contributed by atoms with van der Waals surface area (Å²) in [5.74, 6) is 0.961. The van der Waals surface area contributed by atoms with E-state index in [0.29, 0.717) is 25.0 Å². The monoisotopic (exact) mass is 186 g/mol. The lowest BCUT2D eigenvalue weighted by atomic mass is 9.86. The highest BCUT2D eigenvalue weighted by Gasteiger charge is 2.19. The fraction of sp³-hybridized carbons (Fsp3) is 0.900. The van der Waals surface area contributed by atoms with Crippen molar-refractivity contribution in [2.75, 3.05) is 13.2 Å². The molecule has 3 nitrogen and oxygen atoms in total. The molecule has 0 spiro atoms. The Labute approximate surface area is 79.4 Å². The van der Waals surface area contributed by atoms with E-state index in [2.05, 4.69) is 0 Å². The van der Waals surface area contributed by atoms with Gasteiger partial charge < -0.3 is 9.47 Å². The quantitative estimate of drug-likeness (QED) is 0.633. The topological polar surface area (TPSA) is 35.5 Å². The third kappa shape index (κ3) is 4.15. The SMILES string of the molecule is CC(C)COC(=O)OCC1CCC1. The predicted molar refractivity (Wildman–Crippen MR) is 49.5 cm³/mol. The zero-order valence-electron chi connectivity index (χ0n) is 8.41. The summed E-state index contributed by atoms with van der Waals surface area (Å²) in [5, 5.41) is 0. The molecule has 3 heteroatoms. The van der Waals surface area contributed by atoms with Crippen LogP contribution in [0.1, 0.15) is 33.1 Å². The molecule has 0 amide bonds. The van der Waals surface area contributed by atoms with Crippen LogP contribution in [-0.2, 0) is 9.47 Å². The highest BCUT2D eigenvalue weighted by Crippen LogP contribution is 2.26. The van der Waals surface area contributed by atoms with Gasteiger partial charge in [0.05, 0.1) is 13.2 Å². The molecule has 0 unspecified atom stereocenters. The molecule has 0 aliphatic heterocycles. The number of ether oxygens (including phenoxy) is 2. The summed E-state index contributed by atoms with van der Waals surface area (Å²) in [4.78, 5) is 10.9. The van der Waals surface area contributed by atoms with E-state index in [0.717, 1.165) is 0 Å². The zero-order valence-corrected chi connectivity index (χ0v) is 8.41. The minimum atomic E-state index is -0.513. The lowest BCUT2D eigenvalue weighted by Gasteiger charge is -2.24. The first-order valence-corrected chi connectivity index (χ1v) is 4.98. The highest BCUT2D eigenvalue weighted by molar-refractivity contribution is 5.59. The van der Waals surface area contributed by atoms with E-state index in [4.69, 9.17) is 9.47 Å². The average molecular weight is 186 g/mol.